The molecule has 3 unspecified atom stereocenters. The average molecular weight is 239 g/mol. The van der Waals surface area contributed by atoms with Gasteiger partial charge < -0.3 is 5.32 Å². The van der Waals surface area contributed by atoms with E-state index >= 15 is 0 Å². The highest BCUT2D eigenvalue weighted by Crippen LogP contribution is 2.44. The van der Waals surface area contributed by atoms with E-state index in [2.05, 4.69) is 17.5 Å². The molecule has 0 amide bonds. The molecule has 2 aliphatic rings. The van der Waals surface area contributed by atoms with E-state index in [9.17, 15) is 13.2 Å². The van der Waals surface area contributed by atoms with Crippen LogP contribution in [-0.2, 0) is 0 Å². The number of allylic oxidation sites excluding steroid dienone is 1. The molecule has 1 saturated carbocycles. The van der Waals surface area contributed by atoms with Crippen LogP contribution in [0.2, 0.25) is 0 Å². The van der Waals surface area contributed by atoms with Gasteiger partial charge in [-0.1, -0.05) is 12.2 Å². The molecular weight excluding hydrogens is 227 g/mol. The van der Waals surface area contributed by atoms with Crippen LogP contribution in [0.5, 0.6) is 0 Å². The van der Waals surface area contributed by atoms with E-state index < -0.39 is 17.5 Å². The summed E-state index contributed by atoms with van der Waals surface area (Å²) in [6.07, 6.45) is 6.27. The van der Waals surface area contributed by atoms with E-state index in [1.54, 1.807) is 0 Å². The second kappa shape index (κ2) is 3.79. The highest BCUT2D eigenvalue weighted by molar-refractivity contribution is 5.47. The maximum absolute atomic E-state index is 13.4. The Balaban J connectivity index is 1.78. The zero-order valence-corrected chi connectivity index (χ0v) is 9.09. The van der Waals surface area contributed by atoms with Crippen molar-refractivity contribution in [3.8, 4) is 0 Å². The van der Waals surface area contributed by atoms with Crippen molar-refractivity contribution in [2.45, 2.75) is 18.9 Å². The smallest absolute Gasteiger partial charge is 0.196 e. The van der Waals surface area contributed by atoms with Gasteiger partial charge in [0.05, 0.1) is 5.69 Å². The van der Waals surface area contributed by atoms with Crippen LogP contribution in [0.15, 0.2) is 24.3 Å². The molecule has 0 spiro atoms. The molecule has 0 bridgehead atoms. The first-order valence-corrected chi connectivity index (χ1v) is 5.73. The molecule has 0 heterocycles. The Morgan fingerprint density at radius 1 is 1.12 bits per heavy atom. The minimum atomic E-state index is -1.41. The van der Waals surface area contributed by atoms with E-state index in [-0.39, 0.29) is 11.7 Å². The Kier molecular flexibility index (Phi) is 2.38. The SMILES string of the molecule is Fc1ccc(NC2CC3CC=CC32)c(F)c1F. The molecule has 2 aliphatic carbocycles. The molecule has 90 valence electrons. The summed E-state index contributed by atoms with van der Waals surface area (Å²) in [4.78, 5) is 0. The fourth-order valence-corrected chi connectivity index (χ4v) is 2.72. The normalized spacial score (nSPS) is 29.9. The maximum Gasteiger partial charge on any atom is 0.196 e. The van der Waals surface area contributed by atoms with Crippen molar-refractivity contribution in [1.29, 1.82) is 0 Å². The van der Waals surface area contributed by atoms with Crippen molar-refractivity contribution in [2.75, 3.05) is 5.32 Å². The molecule has 0 aromatic heterocycles. The molecule has 0 saturated heterocycles. The highest BCUT2D eigenvalue weighted by Gasteiger charge is 2.41. The van der Waals surface area contributed by atoms with Crippen molar-refractivity contribution in [3.05, 3.63) is 41.7 Å². The Hall–Kier alpha value is -1.45. The minimum Gasteiger partial charge on any atom is -0.379 e. The van der Waals surface area contributed by atoms with Gasteiger partial charge in [0.2, 0.25) is 0 Å². The third-order valence-electron chi connectivity index (χ3n) is 3.74. The molecule has 1 fully saturated rings. The van der Waals surface area contributed by atoms with E-state index in [4.69, 9.17) is 0 Å². The van der Waals surface area contributed by atoms with Crippen molar-refractivity contribution >= 4 is 5.69 Å². The summed E-state index contributed by atoms with van der Waals surface area (Å²) >= 11 is 0. The third kappa shape index (κ3) is 1.63. The second-order valence-electron chi connectivity index (χ2n) is 4.71. The third-order valence-corrected chi connectivity index (χ3v) is 3.74. The average Bonchev–Trinajstić information content (AvgIpc) is 2.67. The van der Waals surface area contributed by atoms with Gasteiger partial charge in [-0.25, -0.2) is 13.2 Å². The lowest BCUT2D eigenvalue weighted by Gasteiger charge is -2.41. The molecule has 1 nitrogen and oxygen atoms in total. The highest BCUT2D eigenvalue weighted by atomic mass is 19.2. The number of halogens is 3. The molecule has 1 aromatic carbocycles. The van der Waals surface area contributed by atoms with E-state index in [1.165, 1.54) is 6.07 Å². The van der Waals surface area contributed by atoms with Gasteiger partial charge in [0, 0.05) is 12.0 Å². The van der Waals surface area contributed by atoms with Crippen LogP contribution in [-0.4, -0.2) is 6.04 Å². The van der Waals surface area contributed by atoms with Crippen molar-refractivity contribution < 1.29 is 13.2 Å². The van der Waals surface area contributed by atoms with Gasteiger partial charge in [-0.3, -0.25) is 0 Å². The lowest BCUT2D eigenvalue weighted by atomic mass is 9.71. The summed E-state index contributed by atoms with van der Waals surface area (Å²) in [7, 11) is 0. The summed E-state index contributed by atoms with van der Waals surface area (Å²) < 4.78 is 39.2. The molecule has 3 rings (SSSR count). The van der Waals surface area contributed by atoms with Gasteiger partial charge in [0.15, 0.2) is 17.5 Å². The zero-order valence-electron chi connectivity index (χ0n) is 9.09. The first kappa shape index (κ1) is 10.7. The summed E-state index contributed by atoms with van der Waals surface area (Å²) in [6, 6.07) is 2.33. The van der Waals surface area contributed by atoms with Crippen LogP contribution in [0.4, 0.5) is 18.9 Å². The lowest BCUT2D eigenvalue weighted by molar-refractivity contribution is 0.217. The van der Waals surface area contributed by atoms with Gasteiger partial charge in [-0.15, -0.1) is 0 Å². The topological polar surface area (TPSA) is 12.0 Å². The molecule has 1 N–H and O–H groups in total. The van der Waals surface area contributed by atoms with Crippen molar-refractivity contribution in [1.82, 2.24) is 0 Å². The Morgan fingerprint density at radius 2 is 1.94 bits per heavy atom. The number of benzene rings is 1. The summed E-state index contributed by atoms with van der Waals surface area (Å²) in [5.74, 6) is -2.65. The second-order valence-corrected chi connectivity index (χ2v) is 4.71. The van der Waals surface area contributed by atoms with Gasteiger partial charge in [0.1, 0.15) is 0 Å². The summed E-state index contributed by atoms with van der Waals surface area (Å²) in [5, 5.41) is 2.95. The van der Waals surface area contributed by atoms with Crippen LogP contribution in [0.25, 0.3) is 0 Å². The predicted molar refractivity (Wildman–Crippen MR) is 59.1 cm³/mol. The molecular formula is C13H12F3N. The quantitative estimate of drug-likeness (QED) is 0.615. The number of fused-ring (bicyclic) bond motifs is 1. The van der Waals surface area contributed by atoms with Crippen LogP contribution in [0.1, 0.15) is 12.8 Å². The van der Waals surface area contributed by atoms with Gasteiger partial charge in [-0.05, 0) is 30.9 Å². The molecule has 0 radical (unpaired) electrons. The Morgan fingerprint density at radius 3 is 2.71 bits per heavy atom. The van der Waals surface area contributed by atoms with Crippen LogP contribution < -0.4 is 5.32 Å². The van der Waals surface area contributed by atoms with Crippen LogP contribution in [0.3, 0.4) is 0 Å². The molecule has 17 heavy (non-hydrogen) atoms. The Labute approximate surface area is 97.3 Å². The van der Waals surface area contributed by atoms with Crippen LogP contribution >= 0.6 is 0 Å². The fraction of sp³-hybridized carbons (Fsp3) is 0.385. The number of hydrogen-bond acceptors (Lipinski definition) is 1. The van der Waals surface area contributed by atoms with E-state index in [1.807, 2.05) is 0 Å². The maximum atomic E-state index is 13.4. The first-order chi connectivity index (χ1) is 8.16. The molecule has 4 heteroatoms. The molecule has 1 aromatic rings. The lowest BCUT2D eigenvalue weighted by Crippen LogP contribution is -2.43. The number of anilines is 1. The van der Waals surface area contributed by atoms with Gasteiger partial charge in [-0.2, -0.15) is 0 Å². The standard InChI is InChI=1S/C13H12F3N/c14-9-4-5-10(13(16)12(9)15)17-11-6-7-2-1-3-8(7)11/h1,3-5,7-8,11,17H,2,6H2. The van der Waals surface area contributed by atoms with Gasteiger partial charge in [0.25, 0.3) is 0 Å². The molecule has 0 aliphatic heterocycles. The van der Waals surface area contributed by atoms with Gasteiger partial charge >= 0.3 is 0 Å². The number of hydrogen-bond donors (Lipinski definition) is 1. The zero-order chi connectivity index (χ0) is 12.0. The van der Waals surface area contributed by atoms with Crippen LogP contribution in [0, 0.1) is 29.3 Å². The van der Waals surface area contributed by atoms with E-state index in [0.717, 1.165) is 18.9 Å². The summed E-state index contributed by atoms with van der Waals surface area (Å²) in [5.41, 5.74) is 0.0488. The van der Waals surface area contributed by atoms with Crippen molar-refractivity contribution in [2.24, 2.45) is 11.8 Å². The largest absolute Gasteiger partial charge is 0.379 e. The Bertz CT molecular complexity index is 484. The first-order valence-electron chi connectivity index (χ1n) is 5.73. The predicted octanol–water partition coefficient (Wildman–Crippen LogP) is 3.48. The van der Waals surface area contributed by atoms with Crippen molar-refractivity contribution in [3.63, 3.8) is 0 Å². The number of rotatable bonds is 2. The molecule has 3 atom stereocenters. The summed E-state index contributed by atoms with van der Waals surface area (Å²) in [6.45, 7) is 0. The number of nitrogens with one attached hydrogen (secondary N) is 1. The monoisotopic (exact) mass is 239 g/mol. The fourth-order valence-electron chi connectivity index (χ4n) is 2.72. The minimum absolute atomic E-state index is 0.0488. The van der Waals surface area contributed by atoms with E-state index in [0.29, 0.717) is 11.8 Å².